The number of amides is 2. The van der Waals surface area contributed by atoms with Crippen LogP contribution in [0.15, 0.2) is 60.7 Å². The van der Waals surface area contributed by atoms with Gasteiger partial charge in [0.2, 0.25) is 5.91 Å². The maximum absolute atomic E-state index is 13.5. The number of methoxy groups -OCH3 is 2. The van der Waals surface area contributed by atoms with Gasteiger partial charge in [-0.2, -0.15) is 0 Å². The Balaban J connectivity index is 1.48. The molecular weight excluding hydrogens is 428 g/mol. The van der Waals surface area contributed by atoms with E-state index >= 15 is 0 Å². The van der Waals surface area contributed by atoms with Crippen LogP contribution in [0.5, 0.6) is 11.5 Å². The van der Waals surface area contributed by atoms with Crippen molar-refractivity contribution >= 4 is 22.6 Å². The van der Waals surface area contributed by atoms with Gasteiger partial charge in [0.05, 0.1) is 26.2 Å². The summed E-state index contributed by atoms with van der Waals surface area (Å²) in [5.41, 5.74) is 1.69. The molecule has 0 spiro atoms. The average Bonchev–Trinajstić information content (AvgIpc) is 2.90. The predicted octanol–water partition coefficient (Wildman–Crippen LogP) is 4.98. The van der Waals surface area contributed by atoms with Crippen molar-refractivity contribution in [2.24, 2.45) is 5.92 Å². The van der Waals surface area contributed by atoms with Crippen molar-refractivity contribution < 1.29 is 19.1 Å². The Labute approximate surface area is 200 Å². The molecule has 0 aromatic heterocycles. The molecule has 2 atom stereocenters. The highest BCUT2D eigenvalue weighted by molar-refractivity contribution is 6.08. The van der Waals surface area contributed by atoms with Crippen molar-refractivity contribution in [1.29, 1.82) is 0 Å². The summed E-state index contributed by atoms with van der Waals surface area (Å²) in [4.78, 5) is 28.5. The van der Waals surface area contributed by atoms with Crippen molar-refractivity contribution in [3.05, 3.63) is 71.8 Å². The van der Waals surface area contributed by atoms with E-state index in [1.807, 2.05) is 65.6 Å². The van der Waals surface area contributed by atoms with Crippen molar-refractivity contribution in [2.75, 3.05) is 27.3 Å². The van der Waals surface area contributed by atoms with Crippen LogP contribution in [0.25, 0.3) is 10.8 Å². The number of ether oxygens (including phenoxy) is 2. The van der Waals surface area contributed by atoms with Gasteiger partial charge in [0, 0.05) is 24.0 Å². The van der Waals surface area contributed by atoms with Gasteiger partial charge >= 0.3 is 0 Å². The molecule has 0 radical (unpaired) electrons. The first-order valence-electron chi connectivity index (χ1n) is 11.8. The molecule has 3 aromatic rings. The first-order chi connectivity index (χ1) is 16.5. The molecule has 1 fully saturated rings. The number of fused-ring (bicyclic) bond motifs is 1. The molecule has 1 N–H and O–H groups in total. The Kier molecular flexibility index (Phi) is 7.36. The fourth-order valence-corrected chi connectivity index (χ4v) is 4.73. The topological polar surface area (TPSA) is 67.9 Å². The third kappa shape index (κ3) is 4.86. The molecule has 1 aliphatic rings. The van der Waals surface area contributed by atoms with Crippen molar-refractivity contribution in [1.82, 2.24) is 10.2 Å². The summed E-state index contributed by atoms with van der Waals surface area (Å²) >= 11 is 0. The van der Waals surface area contributed by atoms with Gasteiger partial charge in [-0.3, -0.25) is 9.59 Å². The van der Waals surface area contributed by atoms with Crippen LogP contribution < -0.4 is 14.8 Å². The first-order valence-corrected chi connectivity index (χ1v) is 11.8. The van der Waals surface area contributed by atoms with Crippen LogP contribution in [-0.2, 0) is 4.79 Å². The molecule has 3 aromatic carbocycles. The third-order valence-corrected chi connectivity index (χ3v) is 6.66. The summed E-state index contributed by atoms with van der Waals surface area (Å²) in [5, 5.41) is 4.97. The number of benzene rings is 3. The highest BCUT2D eigenvalue weighted by atomic mass is 16.5. The molecule has 1 aliphatic heterocycles. The molecule has 4 rings (SSSR count). The standard InChI is InChI=1S/C28H32N2O4/c1-4-25(19-11-13-21(33-2)14-12-19)29-27(31)20-8-7-17-30(18-20)28(32)24-15-16-26(34-3)23-10-6-5-9-22(23)24/h5-6,9-16,20,25H,4,7-8,17-18H2,1-3H3,(H,29,31). The molecule has 2 amide bonds. The van der Waals surface area contributed by atoms with Crippen molar-refractivity contribution in [3.8, 4) is 11.5 Å². The van der Waals surface area contributed by atoms with Gasteiger partial charge in [0.1, 0.15) is 11.5 Å². The number of nitrogens with one attached hydrogen (secondary N) is 1. The van der Waals surface area contributed by atoms with E-state index in [4.69, 9.17) is 9.47 Å². The molecule has 0 bridgehead atoms. The maximum atomic E-state index is 13.5. The minimum atomic E-state index is -0.227. The van der Waals surface area contributed by atoms with Gasteiger partial charge in [0.15, 0.2) is 0 Å². The van der Waals surface area contributed by atoms with E-state index in [1.54, 1.807) is 14.2 Å². The minimum Gasteiger partial charge on any atom is -0.497 e. The first kappa shape index (κ1) is 23.6. The Hall–Kier alpha value is -3.54. The summed E-state index contributed by atoms with van der Waals surface area (Å²) in [6, 6.07) is 19.1. The number of carbonyl (C=O) groups excluding carboxylic acids is 2. The summed E-state index contributed by atoms with van der Waals surface area (Å²) in [6.45, 7) is 3.13. The lowest BCUT2D eigenvalue weighted by Gasteiger charge is -2.33. The fourth-order valence-electron chi connectivity index (χ4n) is 4.73. The number of piperidine rings is 1. The van der Waals surface area contributed by atoms with Crippen LogP contribution in [0.2, 0.25) is 0 Å². The highest BCUT2D eigenvalue weighted by Gasteiger charge is 2.30. The molecular formula is C28H32N2O4. The van der Waals surface area contributed by atoms with Gasteiger partial charge in [-0.1, -0.05) is 43.3 Å². The van der Waals surface area contributed by atoms with E-state index < -0.39 is 0 Å². The predicted molar refractivity (Wildman–Crippen MR) is 133 cm³/mol. The average molecular weight is 461 g/mol. The summed E-state index contributed by atoms with van der Waals surface area (Å²) in [7, 11) is 3.27. The quantitative estimate of drug-likeness (QED) is 0.540. The SMILES string of the molecule is CCC(NC(=O)C1CCCN(C(=O)c2ccc(OC)c3ccccc23)C1)c1ccc(OC)cc1. The number of carbonyl (C=O) groups is 2. The van der Waals surface area contributed by atoms with E-state index in [2.05, 4.69) is 12.2 Å². The van der Waals surface area contributed by atoms with Gasteiger partial charge in [-0.05, 0) is 54.5 Å². The van der Waals surface area contributed by atoms with Gasteiger partial charge < -0.3 is 19.7 Å². The molecule has 1 saturated heterocycles. The minimum absolute atomic E-state index is 0.000225. The second-order valence-corrected chi connectivity index (χ2v) is 8.69. The fraction of sp³-hybridized carbons (Fsp3) is 0.357. The van der Waals surface area contributed by atoms with Crippen molar-refractivity contribution in [2.45, 2.75) is 32.2 Å². The summed E-state index contributed by atoms with van der Waals surface area (Å²) < 4.78 is 10.7. The van der Waals surface area contributed by atoms with Gasteiger partial charge in [0.25, 0.3) is 5.91 Å². The lowest BCUT2D eigenvalue weighted by atomic mass is 9.94. The van der Waals surface area contributed by atoms with E-state index in [-0.39, 0.29) is 23.8 Å². The number of hydrogen-bond acceptors (Lipinski definition) is 4. The third-order valence-electron chi connectivity index (χ3n) is 6.66. The Bertz CT molecular complexity index is 1160. The van der Waals surface area contributed by atoms with E-state index in [0.29, 0.717) is 18.7 Å². The number of rotatable bonds is 7. The van der Waals surface area contributed by atoms with E-state index in [9.17, 15) is 9.59 Å². The second kappa shape index (κ2) is 10.6. The van der Waals surface area contributed by atoms with E-state index in [1.165, 1.54) is 0 Å². The number of nitrogens with zero attached hydrogens (tertiary/aromatic N) is 1. The monoisotopic (exact) mass is 460 g/mol. The zero-order valence-electron chi connectivity index (χ0n) is 20.0. The Morgan fingerprint density at radius 2 is 1.74 bits per heavy atom. The molecule has 0 aliphatic carbocycles. The summed E-state index contributed by atoms with van der Waals surface area (Å²) in [6.07, 6.45) is 2.36. The Morgan fingerprint density at radius 1 is 1.00 bits per heavy atom. The lowest BCUT2D eigenvalue weighted by Crippen LogP contribution is -2.46. The Morgan fingerprint density at radius 3 is 2.41 bits per heavy atom. The second-order valence-electron chi connectivity index (χ2n) is 8.69. The van der Waals surface area contributed by atoms with Crippen LogP contribution in [0.1, 0.15) is 48.1 Å². The molecule has 1 heterocycles. The zero-order chi connectivity index (χ0) is 24.1. The smallest absolute Gasteiger partial charge is 0.254 e. The molecule has 6 nitrogen and oxygen atoms in total. The van der Waals surface area contributed by atoms with Crippen molar-refractivity contribution in [3.63, 3.8) is 0 Å². The molecule has 34 heavy (non-hydrogen) atoms. The number of hydrogen-bond donors (Lipinski definition) is 1. The molecule has 2 unspecified atom stereocenters. The molecule has 0 saturated carbocycles. The maximum Gasteiger partial charge on any atom is 0.254 e. The normalized spacial score (nSPS) is 16.7. The van der Waals surface area contributed by atoms with Crippen LogP contribution in [-0.4, -0.2) is 44.0 Å². The van der Waals surface area contributed by atoms with E-state index in [0.717, 1.165) is 47.1 Å². The molecule has 178 valence electrons. The largest absolute Gasteiger partial charge is 0.497 e. The van der Waals surface area contributed by atoms with Crippen LogP contribution in [0.4, 0.5) is 0 Å². The summed E-state index contributed by atoms with van der Waals surface area (Å²) in [5.74, 6) is 1.26. The van der Waals surface area contributed by atoms with Crippen LogP contribution in [0, 0.1) is 5.92 Å². The number of likely N-dealkylation sites (tertiary alicyclic amines) is 1. The van der Waals surface area contributed by atoms with Crippen LogP contribution >= 0.6 is 0 Å². The molecule has 6 heteroatoms. The van der Waals surface area contributed by atoms with Gasteiger partial charge in [-0.25, -0.2) is 0 Å². The zero-order valence-corrected chi connectivity index (χ0v) is 20.0. The van der Waals surface area contributed by atoms with Crippen LogP contribution in [0.3, 0.4) is 0 Å². The van der Waals surface area contributed by atoms with Gasteiger partial charge in [-0.15, -0.1) is 0 Å². The lowest BCUT2D eigenvalue weighted by molar-refractivity contribution is -0.127. The highest BCUT2D eigenvalue weighted by Crippen LogP contribution is 2.30.